The zero-order valence-electron chi connectivity index (χ0n) is 5.79. The van der Waals surface area contributed by atoms with Crippen molar-refractivity contribution in [2.24, 2.45) is 0 Å². The molecule has 0 aliphatic carbocycles. The van der Waals surface area contributed by atoms with Crippen LogP contribution in [0.4, 0.5) is 0 Å². The number of halogens is 1. The average Bonchev–Trinajstić information content (AvgIpc) is 2.04. The number of aromatic nitrogens is 1. The molecule has 3 heteroatoms. The standard InChI is InChI=1S/C9H6ClN.Al.3H/c10-9-6-5-7-3-1-2-4-8(7)11-9;;;;/h1-6H;;;;. The first-order chi connectivity index (χ1) is 5.36. The summed E-state index contributed by atoms with van der Waals surface area (Å²) in [6.07, 6.45) is 0. The van der Waals surface area contributed by atoms with Gasteiger partial charge in [0.25, 0.3) is 0 Å². The predicted octanol–water partition coefficient (Wildman–Crippen LogP) is 1.70. The van der Waals surface area contributed by atoms with Crippen LogP contribution in [0.2, 0.25) is 5.15 Å². The Balaban J connectivity index is 0.000000720. The summed E-state index contributed by atoms with van der Waals surface area (Å²) < 4.78 is 0. The van der Waals surface area contributed by atoms with E-state index in [9.17, 15) is 0 Å². The molecule has 2 aromatic rings. The largest absolute Gasteiger partial charge is 0.236 e. The molecule has 0 bridgehead atoms. The molecule has 0 aliphatic rings. The molecule has 0 atom stereocenters. The van der Waals surface area contributed by atoms with E-state index in [1.165, 1.54) is 0 Å². The van der Waals surface area contributed by atoms with E-state index in [4.69, 9.17) is 11.6 Å². The number of hydrogen-bond acceptors (Lipinski definition) is 1. The first-order valence-corrected chi connectivity index (χ1v) is 3.75. The van der Waals surface area contributed by atoms with Crippen molar-refractivity contribution in [1.82, 2.24) is 4.98 Å². The van der Waals surface area contributed by atoms with Gasteiger partial charge in [-0.05, 0) is 18.2 Å². The molecule has 12 heavy (non-hydrogen) atoms. The number of fused-ring (bicyclic) bond motifs is 1. The Kier molecular flexibility index (Phi) is 3.11. The summed E-state index contributed by atoms with van der Waals surface area (Å²) >= 11 is 5.71. The molecule has 2 rings (SSSR count). The van der Waals surface area contributed by atoms with Crippen molar-refractivity contribution in [2.75, 3.05) is 0 Å². The van der Waals surface area contributed by atoms with Gasteiger partial charge in [0.1, 0.15) is 5.15 Å². The van der Waals surface area contributed by atoms with E-state index >= 15 is 0 Å². The fraction of sp³-hybridized carbons (Fsp3) is 0. The fourth-order valence-electron chi connectivity index (χ4n) is 1.04. The quantitative estimate of drug-likeness (QED) is 0.459. The van der Waals surface area contributed by atoms with Gasteiger partial charge >= 0.3 is 0 Å². The Bertz CT molecular complexity index is 389. The average molecular weight is 194 g/mol. The first kappa shape index (κ1) is 9.54. The van der Waals surface area contributed by atoms with Gasteiger partial charge in [-0.25, -0.2) is 4.98 Å². The third kappa shape index (κ3) is 1.78. The molecule has 0 amide bonds. The maximum Gasteiger partial charge on any atom is 0.187 e. The SMILES string of the molecule is Clc1ccc2ccccc2n1.[AlH3]. The summed E-state index contributed by atoms with van der Waals surface area (Å²) in [5.74, 6) is 0. The van der Waals surface area contributed by atoms with Crippen LogP contribution in [0.1, 0.15) is 0 Å². The van der Waals surface area contributed by atoms with Crippen molar-refractivity contribution in [3.63, 3.8) is 0 Å². The lowest BCUT2D eigenvalue weighted by Gasteiger charge is -1.94. The maximum atomic E-state index is 5.71. The summed E-state index contributed by atoms with van der Waals surface area (Å²) in [4.78, 5) is 4.14. The van der Waals surface area contributed by atoms with Crippen molar-refractivity contribution >= 4 is 39.9 Å². The van der Waals surface area contributed by atoms with Gasteiger partial charge in [-0.15, -0.1) is 0 Å². The molecule has 0 spiro atoms. The van der Waals surface area contributed by atoms with Crippen molar-refractivity contribution in [3.8, 4) is 0 Å². The van der Waals surface area contributed by atoms with Gasteiger partial charge in [-0.3, -0.25) is 0 Å². The molecule has 0 fully saturated rings. The number of nitrogens with zero attached hydrogens (tertiary/aromatic N) is 1. The van der Waals surface area contributed by atoms with E-state index < -0.39 is 0 Å². The number of benzene rings is 1. The number of para-hydroxylation sites is 1. The second kappa shape index (κ2) is 3.91. The molecular formula is C9H9AlClN. The molecule has 0 saturated heterocycles. The van der Waals surface area contributed by atoms with Crippen LogP contribution in [0.25, 0.3) is 10.9 Å². The highest BCUT2D eigenvalue weighted by atomic mass is 35.5. The third-order valence-corrected chi connectivity index (χ3v) is 1.77. The minimum Gasteiger partial charge on any atom is -0.236 e. The predicted molar refractivity (Wildman–Crippen MR) is 56.7 cm³/mol. The van der Waals surface area contributed by atoms with Gasteiger partial charge in [0.2, 0.25) is 0 Å². The lowest BCUT2D eigenvalue weighted by Crippen LogP contribution is -1.76. The topological polar surface area (TPSA) is 12.9 Å². The summed E-state index contributed by atoms with van der Waals surface area (Å²) in [6, 6.07) is 11.7. The molecule has 0 radical (unpaired) electrons. The molecule has 0 N–H and O–H groups in total. The van der Waals surface area contributed by atoms with Gasteiger partial charge in [0.05, 0.1) is 5.52 Å². The Morgan fingerprint density at radius 1 is 1.00 bits per heavy atom. The third-order valence-electron chi connectivity index (χ3n) is 1.56. The van der Waals surface area contributed by atoms with E-state index in [-0.39, 0.29) is 17.4 Å². The van der Waals surface area contributed by atoms with Gasteiger partial charge in [0.15, 0.2) is 17.4 Å². The van der Waals surface area contributed by atoms with Gasteiger partial charge < -0.3 is 0 Å². The summed E-state index contributed by atoms with van der Waals surface area (Å²) in [5, 5.41) is 1.67. The number of rotatable bonds is 0. The molecule has 60 valence electrons. The highest BCUT2D eigenvalue weighted by Crippen LogP contribution is 2.13. The Morgan fingerprint density at radius 3 is 2.58 bits per heavy atom. The summed E-state index contributed by atoms with van der Waals surface area (Å²) in [7, 11) is 0. The molecule has 1 heterocycles. The normalized spacial score (nSPS) is 9.42. The van der Waals surface area contributed by atoms with Crippen molar-refractivity contribution in [1.29, 1.82) is 0 Å². The van der Waals surface area contributed by atoms with E-state index in [0.29, 0.717) is 5.15 Å². The van der Waals surface area contributed by atoms with Crippen LogP contribution in [0.3, 0.4) is 0 Å². The summed E-state index contributed by atoms with van der Waals surface area (Å²) in [5.41, 5.74) is 0.944. The van der Waals surface area contributed by atoms with E-state index in [1.54, 1.807) is 6.07 Å². The highest BCUT2D eigenvalue weighted by Gasteiger charge is 1.92. The van der Waals surface area contributed by atoms with Crippen LogP contribution < -0.4 is 0 Å². The molecule has 1 aromatic heterocycles. The van der Waals surface area contributed by atoms with Crippen LogP contribution in [-0.4, -0.2) is 22.3 Å². The Labute approximate surface area is 86.5 Å². The monoisotopic (exact) mass is 193 g/mol. The zero-order chi connectivity index (χ0) is 7.68. The molecule has 0 aliphatic heterocycles. The second-order valence-corrected chi connectivity index (χ2v) is 2.71. The first-order valence-electron chi connectivity index (χ1n) is 3.37. The molecule has 1 aromatic carbocycles. The molecule has 1 nitrogen and oxygen atoms in total. The maximum absolute atomic E-state index is 5.71. The van der Waals surface area contributed by atoms with E-state index in [1.807, 2.05) is 30.3 Å². The summed E-state index contributed by atoms with van der Waals surface area (Å²) in [6.45, 7) is 0. The van der Waals surface area contributed by atoms with Crippen molar-refractivity contribution in [2.45, 2.75) is 0 Å². The minimum absolute atomic E-state index is 0. The zero-order valence-corrected chi connectivity index (χ0v) is 6.55. The van der Waals surface area contributed by atoms with E-state index in [0.717, 1.165) is 10.9 Å². The Hall–Kier alpha value is -0.548. The van der Waals surface area contributed by atoms with Gasteiger partial charge in [0, 0.05) is 5.39 Å². The van der Waals surface area contributed by atoms with Crippen molar-refractivity contribution in [3.05, 3.63) is 41.6 Å². The van der Waals surface area contributed by atoms with Crippen LogP contribution in [0.5, 0.6) is 0 Å². The lowest BCUT2D eigenvalue weighted by molar-refractivity contribution is 1.41. The smallest absolute Gasteiger partial charge is 0.187 e. The minimum atomic E-state index is 0. The molecule has 0 unspecified atom stereocenters. The molecule has 0 saturated carbocycles. The molecular weight excluding hydrogens is 185 g/mol. The number of hydrogen-bond donors (Lipinski definition) is 0. The second-order valence-electron chi connectivity index (χ2n) is 2.33. The fourth-order valence-corrected chi connectivity index (χ4v) is 1.20. The Morgan fingerprint density at radius 2 is 1.75 bits per heavy atom. The van der Waals surface area contributed by atoms with E-state index in [2.05, 4.69) is 4.98 Å². The van der Waals surface area contributed by atoms with Crippen LogP contribution in [-0.2, 0) is 0 Å². The van der Waals surface area contributed by atoms with Crippen LogP contribution in [0, 0.1) is 0 Å². The lowest BCUT2D eigenvalue weighted by atomic mass is 10.2. The van der Waals surface area contributed by atoms with Crippen LogP contribution >= 0.6 is 11.6 Å². The number of pyridine rings is 1. The van der Waals surface area contributed by atoms with Gasteiger partial charge in [-0.1, -0.05) is 29.8 Å². The van der Waals surface area contributed by atoms with Crippen LogP contribution in [0.15, 0.2) is 36.4 Å². The highest BCUT2D eigenvalue weighted by molar-refractivity contribution is 6.29. The van der Waals surface area contributed by atoms with Gasteiger partial charge in [-0.2, -0.15) is 0 Å². The van der Waals surface area contributed by atoms with Crippen molar-refractivity contribution < 1.29 is 0 Å².